The third kappa shape index (κ3) is 6.20. The van der Waals surface area contributed by atoms with Crippen molar-refractivity contribution in [2.45, 2.75) is 6.92 Å². The van der Waals surface area contributed by atoms with Gasteiger partial charge in [-0.1, -0.05) is 0 Å². The molecule has 0 aliphatic rings. The minimum absolute atomic E-state index is 0.0891. The highest BCUT2D eigenvalue weighted by molar-refractivity contribution is 8.09. The van der Waals surface area contributed by atoms with Crippen molar-refractivity contribution >= 4 is 20.0 Å². The fourth-order valence-corrected chi connectivity index (χ4v) is 0.690. The predicted octanol–water partition coefficient (Wildman–Crippen LogP) is 0.507. The van der Waals surface area contributed by atoms with Crippen LogP contribution < -0.4 is 0 Å². The zero-order valence-corrected chi connectivity index (χ0v) is 5.29. The summed E-state index contributed by atoms with van der Waals surface area (Å²) in [6.45, 7) is 1.63. The molecule has 5 heteroatoms. The smallest absolute Gasteiger partial charge is 0.258 e. The van der Waals surface area contributed by atoms with Crippen molar-refractivity contribution in [1.29, 1.82) is 0 Å². The molecule has 0 bridgehead atoms. The van der Waals surface area contributed by atoms with Crippen LogP contribution in [0.15, 0.2) is 0 Å². The molecule has 0 radical (unpaired) electrons. The van der Waals surface area contributed by atoms with E-state index in [0.29, 0.717) is 0 Å². The van der Waals surface area contributed by atoms with E-state index in [1.165, 1.54) is 0 Å². The van der Waals surface area contributed by atoms with E-state index in [0.717, 1.165) is 0 Å². The minimum Gasteiger partial charge on any atom is -0.258 e. The maximum atomic E-state index is 9.77. The standard InChI is InChI=1S/C2H5ClO3S/c1-2-6-7(3,4)5/h2H2,1H3. The molecule has 0 unspecified atom stereocenters. The molecule has 0 fully saturated rings. The molecule has 3 nitrogen and oxygen atoms in total. The Morgan fingerprint density at radius 1 is 1.71 bits per heavy atom. The molecule has 0 aliphatic heterocycles. The molecule has 0 saturated heterocycles. The Bertz CT molecular complexity index is 126. The van der Waals surface area contributed by atoms with Gasteiger partial charge in [-0.3, -0.25) is 4.18 Å². The minimum atomic E-state index is -3.70. The molecule has 0 spiro atoms. The monoisotopic (exact) mass is 144 g/mol. The number of rotatable bonds is 2. The highest BCUT2D eigenvalue weighted by atomic mass is 35.7. The van der Waals surface area contributed by atoms with Gasteiger partial charge in [-0.15, -0.1) is 0 Å². The van der Waals surface area contributed by atoms with Gasteiger partial charge in [-0.2, -0.15) is 8.42 Å². The molecule has 0 aliphatic carbocycles. The third-order valence-electron chi connectivity index (χ3n) is 0.259. The fraction of sp³-hybridized carbons (Fsp3) is 1.00. The average molecular weight is 145 g/mol. The lowest BCUT2D eigenvalue weighted by atomic mass is 10.9. The molecule has 7 heavy (non-hydrogen) atoms. The van der Waals surface area contributed by atoms with Gasteiger partial charge in [0.15, 0.2) is 0 Å². The van der Waals surface area contributed by atoms with Crippen molar-refractivity contribution in [1.82, 2.24) is 0 Å². The average Bonchev–Trinajstić information content (AvgIpc) is 1.30. The second-order valence-corrected chi connectivity index (χ2v) is 2.96. The van der Waals surface area contributed by atoms with Crippen molar-refractivity contribution in [2.75, 3.05) is 6.61 Å². The normalized spacial score (nSPS) is 11.7. The zero-order valence-electron chi connectivity index (χ0n) is 3.72. The van der Waals surface area contributed by atoms with E-state index in [2.05, 4.69) is 14.9 Å². The zero-order chi connectivity index (χ0) is 5.91. The molecule has 44 valence electrons. The van der Waals surface area contributed by atoms with Crippen LogP contribution >= 0.6 is 10.7 Å². The van der Waals surface area contributed by atoms with Gasteiger partial charge in [0, 0.05) is 10.7 Å². The highest BCUT2D eigenvalue weighted by Crippen LogP contribution is 1.95. The van der Waals surface area contributed by atoms with E-state index in [1.807, 2.05) is 0 Å². The first-order chi connectivity index (χ1) is 3.06. The summed E-state index contributed by atoms with van der Waals surface area (Å²) in [5, 5.41) is 0. The molecule has 0 aromatic carbocycles. The largest absolute Gasteiger partial charge is 0.355 e. The Morgan fingerprint density at radius 3 is 2.14 bits per heavy atom. The van der Waals surface area contributed by atoms with Crippen molar-refractivity contribution < 1.29 is 12.6 Å². The van der Waals surface area contributed by atoms with Gasteiger partial charge >= 0.3 is 9.33 Å². The highest BCUT2D eigenvalue weighted by Gasteiger charge is 1.99. The van der Waals surface area contributed by atoms with Crippen LogP contribution in [0.1, 0.15) is 6.92 Å². The van der Waals surface area contributed by atoms with Crippen LogP contribution in [0.4, 0.5) is 0 Å². The topological polar surface area (TPSA) is 43.4 Å². The molecule has 0 aromatic heterocycles. The van der Waals surface area contributed by atoms with Gasteiger partial charge in [0.25, 0.3) is 0 Å². The molecular formula is C2H5ClO3S. The van der Waals surface area contributed by atoms with Gasteiger partial charge < -0.3 is 0 Å². The fourth-order valence-electron chi connectivity index (χ4n) is 0.141. The second-order valence-electron chi connectivity index (χ2n) is 0.800. The van der Waals surface area contributed by atoms with Crippen molar-refractivity contribution in [3.05, 3.63) is 0 Å². The Morgan fingerprint density at radius 2 is 2.14 bits per heavy atom. The van der Waals surface area contributed by atoms with E-state index >= 15 is 0 Å². The van der Waals surface area contributed by atoms with E-state index in [-0.39, 0.29) is 6.61 Å². The quantitative estimate of drug-likeness (QED) is 0.531. The lowest BCUT2D eigenvalue weighted by molar-refractivity contribution is 0.349. The van der Waals surface area contributed by atoms with Crippen LogP contribution in [0.2, 0.25) is 0 Å². The summed E-state index contributed by atoms with van der Waals surface area (Å²) in [6, 6.07) is 0. The van der Waals surface area contributed by atoms with E-state index < -0.39 is 9.33 Å². The summed E-state index contributed by atoms with van der Waals surface area (Å²) in [5.41, 5.74) is 0. The number of hydrogen-bond acceptors (Lipinski definition) is 3. The van der Waals surface area contributed by atoms with Crippen LogP contribution in [0.5, 0.6) is 0 Å². The Hall–Kier alpha value is 0.200. The lowest BCUT2D eigenvalue weighted by Gasteiger charge is -1.87. The molecule has 0 atom stereocenters. The molecule has 0 heterocycles. The van der Waals surface area contributed by atoms with Crippen LogP contribution in [0.3, 0.4) is 0 Å². The van der Waals surface area contributed by atoms with E-state index in [1.54, 1.807) is 6.92 Å². The molecule has 0 N–H and O–H groups in total. The number of halogens is 1. The number of hydrogen-bond donors (Lipinski definition) is 0. The Balaban J connectivity index is 3.60. The van der Waals surface area contributed by atoms with Crippen LogP contribution in [-0.4, -0.2) is 15.0 Å². The van der Waals surface area contributed by atoms with Crippen molar-refractivity contribution in [2.24, 2.45) is 0 Å². The molecular weight excluding hydrogens is 140 g/mol. The van der Waals surface area contributed by atoms with Gasteiger partial charge in [-0.25, -0.2) is 0 Å². The SMILES string of the molecule is CCOS(=O)(=O)Cl. The van der Waals surface area contributed by atoms with Gasteiger partial charge in [-0.05, 0) is 6.92 Å². The van der Waals surface area contributed by atoms with Gasteiger partial charge in [0.2, 0.25) is 0 Å². The van der Waals surface area contributed by atoms with Crippen molar-refractivity contribution in [3.8, 4) is 0 Å². The summed E-state index contributed by atoms with van der Waals surface area (Å²) in [4.78, 5) is 0. The van der Waals surface area contributed by atoms with Crippen molar-refractivity contribution in [3.63, 3.8) is 0 Å². The summed E-state index contributed by atoms with van der Waals surface area (Å²) in [5.74, 6) is 0. The Labute approximate surface area is 46.9 Å². The first-order valence-electron chi connectivity index (χ1n) is 1.65. The first kappa shape index (κ1) is 7.20. The lowest BCUT2D eigenvalue weighted by Crippen LogP contribution is -1.94. The molecule has 0 rings (SSSR count). The van der Waals surface area contributed by atoms with Crippen LogP contribution in [0.25, 0.3) is 0 Å². The summed E-state index contributed by atoms with van der Waals surface area (Å²) < 4.78 is 23.5. The summed E-state index contributed by atoms with van der Waals surface area (Å²) in [6.07, 6.45) is 0. The maximum absolute atomic E-state index is 9.77. The summed E-state index contributed by atoms with van der Waals surface area (Å²) in [7, 11) is 0.881. The van der Waals surface area contributed by atoms with E-state index in [9.17, 15) is 8.42 Å². The molecule has 0 saturated carbocycles. The third-order valence-corrected chi connectivity index (χ3v) is 1.04. The summed E-state index contributed by atoms with van der Waals surface area (Å²) >= 11 is 0. The van der Waals surface area contributed by atoms with Gasteiger partial charge in [0.1, 0.15) is 0 Å². The predicted molar refractivity (Wildman–Crippen MR) is 26.4 cm³/mol. The molecule has 0 amide bonds. The van der Waals surface area contributed by atoms with Crippen LogP contribution in [-0.2, 0) is 13.5 Å². The second kappa shape index (κ2) is 2.49. The maximum Gasteiger partial charge on any atom is 0.355 e. The molecule has 0 aromatic rings. The Kier molecular flexibility index (Phi) is 2.56. The van der Waals surface area contributed by atoms with Crippen LogP contribution in [0, 0.1) is 0 Å². The first-order valence-corrected chi connectivity index (χ1v) is 3.88. The van der Waals surface area contributed by atoms with Gasteiger partial charge in [0.05, 0.1) is 6.61 Å². The van der Waals surface area contributed by atoms with E-state index in [4.69, 9.17) is 0 Å².